The maximum absolute atomic E-state index is 12.1. The molecule has 8 nitrogen and oxygen atoms in total. The number of benzene rings is 2. The number of nitrogens with one attached hydrogen (secondary N) is 1. The van der Waals surface area contributed by atoms with Crippen LogP contribution >= 0.6 is 0 Å². The minimum absolute atomic E-state index is 0.00711. The first kappa shape index (κ1) is 28.4. The van der Waals surface area contributed by atoms with Crippen molar-refractivity contribution < 1.29 is 4.79 Å². The largest absolute Gasteiger partial charge is 0.399 e. The molecule has 1 saturated heterocycles. The lowest BCUT2D eigenvalue weighted by molar-refractivity contribution is 0.1000. The van der Waals surface area contributed by atoms with Crippen LogP contribution in [0, 0.1) is 17.2 Å². The van der Waals surface area contributed by atoms with Crippen LogP contribution in [0.2, 0.25) is 0 Å². The summed E-state index contributed by atoms with van der Waals surface area (Å²) in [5.41, 5.74) is 25.1. The number of aryl methyl sites for hydroxylation is 2. The van der Waals surface area contributed by atoms with Gasteiger partial charge in [0.15, 0.2) is 0 Å². The van der Waals surface area contributed by atoms with Crippen LogP contribution in [0.15, 0.2) is 60.2 Å². The summed E-state index contributed by atoms with van der Waals surface area (Å²) in [6.07, 6.45) is 4.19. The molecule has 1 heterocycles. The number of aliphatic imine (C=N–C) groups is 1. The summed E-state index contributed by atoms with van der Waals surface area (Å²) in [5.74, 6) is 0.709. The Morgan fingerprint density at radius 2 is 1.73 bits per heavy atom. The number of amides is 1. The predicted octanol–water partition coefficient (Wildman–Crippen LogP) is 3.34. The zero-order valence-corrected chi connectivity index (χ0v) is 24.1. The standard InChI is InChI=1S/C33H41N7O/c1-19(2)39-32(37)33(11-12-38-18-20(3)40-27(17-34)15-26-16-30(26)40)28-9-7-22(21(4)35)13-23(28)5-6-24-14-25(31(36)41)8-10-29(24)33/h7-10,13-14,19,26-27,30,38H,3-6,11-12,15-16,18,35H2,1-2H3,(H2,36,41)(H2,37,39)/t26-,27?,30+,33?/m1/s1. The zero-order valence-electron chi connectivity index (χ0n) is 24.1. The zero-order chi connectivity index (χ0) is 29.5. The maximum atomic E-state index is 12.1. The predicted molar refractivity (Wildman–Crippen MR) is 164 cm³/mol. The van der Waals surface area contributed by atoms with Gasteiger partial charge in [0, 0.05) is 35.6 Å². The first-order chi connectivity index (χ1) is 19.6. The summed E-state index contributed by atoms with van der Waals surface area (Å²) < 4.78 is 0. The van der Waals surface area contributed by atoms with Gasteiger partial charge in [0.2, 0.25) is 5.91 Å². The van der Waals surface area contributed by atoms with E-state index in [0.717, 1.165) is 59.2 Å². The molecule has 5 rings (SSSR count). The summed E-state index contributed by atoms with van der Waals surface area (Å²) >= 11 is 0. The number of likely N-dealkylation sites (tertiary alicyclic amines) is 1. The van der Waals surface area contributed by atoms with Gasteiger partial charge in [-0.25, -0.2) is 0 Å². The van der Waals surface area contributed by atoms with Gasteiger partial charge < -0.3 is 27.4 Å². The Hall–Kier alpha value is -4.09. The minimum Gasteiger partial charge on any atom is -0.399 e. The topological polar surface area (TPSA) is 147 Å². The number of piperidine rings is 1. The van der Waals surface area contributed by atoms with Gasteiger partial charge in [-0.1, -0.05) is 31.4 Å². The molecule has 1 saturated carbocycles. The van der Waals surface area contributed by atoms with Crippen LogP contribution in [-0.4, -0.2) is 47.9 Å². The van der Waals surface area contributed by atoms with Crippen molar-refractivity contribution in [3.05, 3.63) is 88.6 Å². The van der Waals surface area contributed by atoms with Crippen molar-refractivity contribution in [2.24, 2.45) is 28.1 Å². The average molecular weight is 552 g/mol. The molecule has 0 spiro atoms. The molecule has 2 unspecified atom stereocenters. The molecule has 1 amide bonds. The van der Waals surface area contributed by atoms with Crippen LogP contribution < -0.4 is 22.5 Å². The summed E-state index contributed by atoms with van der Waals surface area (Å²) in [5, 5.41) is 13.2. The first-order valence-corrected chi connectivity index (χ1v) is 14.5. The number of carbonyl (C=O) groups is 1. The van der Waals surface area contributed by atoms with Gasteiger partial charge in [0.25, 0.3) is 0 Å². The molecule has 4 atom stereocenters. The lowest BCUT2D eigenvalue weighted by atomic mass is 9.68. The highest BCUT2D eigenvalue weighted by Gasteiger charge is 2.52. The number of nitriles is 1. The SMILES string of the molecule is C=C(N)c1ccc2c(c1)CCc1cc(C(N)=O)ccc1C2(CCNCC(=C)N1C(C#N)C[C@@H]2C[C@@H]21)C(N)=NC(C)C. The second-order valence-corrected chi connectivity index (χ2v) is 12.0. The number of primary amides is 1. The lowest BCUT2D eigenvalue weighted by Crippen LogP contribution is -2.46. The fourth-order valence-electron chi connectivity index (χ4n) is 6.89. The van der Waals surface area contributed by atoms with Gasteiger partial charge in [-0.3, -0.25) is 9.79 Å². The Morgan fingerprint density at radius 1 is 1.10 bits per heavy atom. The van der Waals surface area contributed by atoms with E-state index >= 15 is 0 Å². The molecule has 2 aromatic rings. The van der Waals surface area contributed by atoms with Crippen LogP contribution in [0.4, 0.5) is 0 Å². The van der Waals surface area contributed by atoms with E-state index < -0.39 is 11.3 Å². The molecule has 2 aliphatic carbocycles. The second-order valence-electron chi connectivity index (χ2n) is 12.0. The molecule has 2 fully saturated rings. The van der Waals surface area contributed by atoms with E-state index in [1.165, 1.54) is 0 Å². The first-order valence-electron chi connectivity index (χ1n) is 14.5. The highest BCUT2D eigenvalue weighted by atomic mass is 16.1. The molecular weight excluding hydrogens is 510 g/mol. The van der Waals surface area contributed by atoms with E-state index in [4.69, 9.17) is 22.2 Å². The molecule has 1 aliphatic heterocycles. The van der Waals surface area contributed by atoms with Crippen LogP contribution in [0.5, 0.6) is 0 Å². The molecule has 214 valence electrons. The van der Waals surface area contributed by atoms with Gasteiger partial charge in [-0.05, 0) is 104 Å². The van der Waals surface area contributed by atoms with Crippen molar-refractivity contribution in [1.82, 2.24) is 10.2 Å². The number of hydrogen-bond acceptors (Lipinski definition) is 6. The van der Waals surface area contributed by atoms with Crippen molar-refractivity contribution in [2.45, 2.75) is 69.5 Å². The Balaban J connectivity index is 1.53. The molecule has 0 aromatic heterocycles. The molecule has 41 heavy (non-hydrogen) atoms. The Labute approximate surface area is 243 Å². The summed E-state index contributed by atoms with van der Waals surface area (Å²) in [6, 6.07) is 14.7. The van der Waals surface area contributed by atoms with Gasteiger partial charge in [-0.2, -0.15) is 5.26 Å². The van der Waals surface area contributed by atoms with Gasteiger partial charge in [-0.15, -0.1) is 0 Å². The molecule has 3 aliphatic rings. The summed E-state index contributed by atoms with van der Waals surface area (Å²) in [4.78, 5) is 19.2. The highest BCUT2D eigenvalue weighted by Crippen LogP contribution is 2.49. The van der Waals surface area contributed by atoms with Gasteiger partial charge in [0.05, 0.1) is 11.5 Å². The van der Waals surface area contributed by atoms with E-state index in [1.54, 1.807) is 6.07 Å². The number of hydrogen-bond donors (Lipinski definition) is 4. The van der Waals surface area contributed by atoms with E-state index in [0.29, 0.717) is 48.6 Å². The Morgan fingerprint density at radius 3 is 2.32 bits per heavy atom. The third-order valence-corrected chi connectivity index (χ3v) is 8.91. The Bertz CT molecular complexity index is 1400. The number of amidine groups is 1. The van der Waals surface area contributed by atoms with E-state index in [-0.39, 0.29) is 12.1 Å². The third-order valence-electron chi connectivity index (χ3n) is 8.91. The van der Waals surface area contributed by atoms with E-state index in [2.05, 4.69) is 41.6 Å². The summed E-state index contributed by atoms with van der Waals surface area (Å²) in [6.45, 7) is 13.5. The highest BCUT2D eigenvalue weighted by molar-refractivity contribution is 5.98. The molecule has 2 aromatic carbocycles. The quantitative estimate of drug-likeness (QED) is 0.202. The summed E-state index contributed by atoms with van der Waals surface area (Å²) in [7, 11) is 0. The monoisotopic (exact) mass is 551 g/mol. The average Bonchev–Trinajstić information content (AvgIpc) is 3.63. The molecule has 0 radical (unpaired) electrons. The smallest absolute Gasteiger partial charge is 0.248 e. The molecule has 8 heteroatoms. The number of nitrogens with two attached hydrogens (primary N) is 3. The van der Waals surface area contributed by atoms with Crippen LogP contribution in [0.3, 0.4) is 0 Å². The molecular formula is C33H41N7O. The molecule has 0 bridgehead atoms. The van der Waals surface area contributed by atoms with Crippen molar-refractivity contribution in [2.75, 3.05) is 13.1 Å². The second kappa shape index (κ2) is 11.1. The minimum atomic E-state index is -0.741. The van der Waals surface area contributed by atoms with Crippen molar-refractivity contribution in [1.29, 1.82) is 5.26 Å². The van der Waals surface area contributed by atoms with E-state index in [9.17, 15) is 10.1 Å². The number of fused-ring (bicyclic) bond motifs is 3. The van der Waals surface area contributed by atoms with Crippen LogP contribution in [0.25, 0.3) is 5.70 Å². The maximum Gasteiger partial charge on any atom is 0.248 e. The number of carbonyl (C=O) groups excluding carboxylic acids is 1. The van der Waals surface area contributed by atoms with Crippen molar-refractivity contribution >= 4 is 17.4 Å². The number of rotatable bonds is 10. The van der Waals surface area contributed by atoms with Gasteiger partial charge in [0.1, 0.15) is 11.9 Å². The van der Waals surface area contributed by atoms with Crippen molar-refractivity contribution in [3.63, 3.8) is 0 Å². The normalized spacial score (nSPS) is 24.6. The van der Waals surface area contributed by atoms with E-state index in [1.807, 2.05) is 32.0 Å². The lowest BCUT2D eigenvalue weighted by Gasteiger charge is -2.37. The van der Waals surface area contributed by atoms with Gasteiger partial charge >= 0.3 is 0 Å². The fraction of sp³-hybridized carbons (Fsp3) is 0.424. The fourth-order valence-corrected chi connectivity index (χ4v) is 6.89. The van der Waals surface area contributed by atoms with Crippen LogP contribution in [0.1, 0.15) is 71.3 Å². The number of nitrogens with zero attached hydrogens (tertiary/aromatic N) is 3. The third kappa shape index (κ3) is 5.22. The van der Waals surface area contributed by atoms with Crippen LogP contribution in [-0.2, 0) is 18.3 Å². The molecule has 7 N–H and O–H groups in total. The van der Waals surface area contributed by atoms with Crippen molar-refractivity contribution in [3.8, 4) is 6.07 Å². The Kier molecular flexibility index (Phi) is 7.67.